The Hall–Kier alpha value is -0.220. The molecular weight excluding hydrogens is 270 g/mol. The molecule has 0 aliphatic rings. The molecule has 1 unspecified atom stereocenters. The Morgan fingerprint density at radius 3 is 2.00 bits per heavy atom. The van der Waals surface area contributed by atoms with Crippen molar-refractivity contribution < 1.29 is 23.8 Å². The summed E-state index contributed by atoms with van der Waals surface area (Å²) in [5, 5.41) is 0. The van der Waals surface area contributed by atoms with Crippen LogP contribution in [0.2, 0.25) is 0 Å². The fraction of sp³-hybridized carbons (Fsp3) is 0.250. The Morgan fingerprint density at radius 1 is 1.31 bits per heavy atom. The first-order chi connectivity index (χ1) is 7.35. The van der Waals surface area contributed by atoms with Gasteiger partial charge in [-0.05, 0) is 23.0 Å². The molecule has 1 aromatic carbocycles. The van der Waals surface area contributed by atoms with Crippen LogP contribution in [0.15, 0.2) is 35.2 Å². The molecule has 1 atom stereocenters. The molecular formula is C8H13O5P2S+. The van der Waals surface area contributed by atoms with Gasteiger partial charge in [-0.15, -0.1) is 11.8 Å². The molecule has 90 valence electrons. The fourth-order valence-corrected chi connectivity index (χ4v) is 2.40. The van der Waals surface area contributed by atoms with E-state index in [0.717, 1.165) is 0 Å². The van der Waals surface area contributed by atoms with Crippen molar-refractivity contribution in [3.8, 4) is 0 Å². The predicted molar refractivity (Wildman–Crippen MR) is 65.0 cm³/mol. The maximum absolute atomic E-state index is 9.79. The molecule has 0 fully saturated rings. The van der Waals surface area contributed by atoms with Gasteiger partial charge in [-0.25, -0.2) is 0 Å². The second-order valence-electron chi connectivity index (χ2n) is 2.68. The van der Waals surface area contributed by atoms with Crippen LogP contribution < -0.4 is 0 Å². The third-order valence-electron chi connectivity index (χ3n) is 1.28. The highest BCUT2D eigenvalue weighted by atomic mass is 32.2. The third-order valence-corrected chi connectivity index (χ3v) is 4.47. The van der Waals surface area contributed by atoms with Crippen LogP contribution in [0.25, 0.3) is 0 Å². The van der Waals surface area contributed by atoms with Crippen molar-refractivity contribution in [2.24, 2.45) is 0 Å². The lowest BCUT2D eigenvalue weighted by molar-refractivity contribution is 0.377. The third kappa shape index (κ3) is 10.3. The van der Waals surface area contributed by atoms with E-state index in [-0.39, 0.29) is 0 Å². The van der Waals surface area contributed by atoms with E-state index in [2.05, 4.69) is 18.4 Å². The summed E-state index contributed by atoms with van der Waals surface area (Å²) >= 11 is 1.77. The predicted octanol–water partition coefficient (Wildman–Crippen LogP) is 2.26. The first-order valence-corrected chi connectivity index (χ1v) is 8.54. The Labute approximate surface area is 98.9 Å². The SMILES string of the molecule is CSc1ccccc1.O=[P+](O)CP(=O)(O)O. The zero-order valence-corrected chi connectivity index (χ0v) is 11.2. The van der Waals surface area contributed by atoms with Crippen LogP contribution in [-0.2, 0) is 9.13 Å². The van der Waals surface area contributed by atoms with Crippen molar-refractivity contribution in [2.45, 2.75) is 4.90 Å². The van der Waals surface area contributed by atoms with Crippen LogP contribution in [0.5, 0.6) is 0 Å². The van der Waals surface area contributed by atoms with Gasteiger partial charge in [0.25, 0.3) is 5.90 Å². The van der Waals surface area contributed by atoms with Gasteiger partial charge in [0.1, 0.15) is 0 Å². The van der Waals surface area contributed by atoms with Crippen molar-refractivity contribution in [3.05, 3.63) is 30.3 Å². The number of thioether (sulfide) groups is 1. The number of hydrogen-bond acceptors (Lipinski definition) is 3. The normalized spacial score (nSPS) is 11.4. The van der Waals surface area contributed by atoms with Gasteiger partial charge in [0, 0.05) is 4.90 Å². The molecule has 0 heterocycles. The molecule has 8 heteroatoms. The zero-order valence-electron chi connectivity index (χ0n) is 8.55. The molecule has 1 rings (SSSR count). The zero-order chi connectivity index (χ0) is 12.6. The van der Waals surface area contributed by atoms with Crippen molar-refractivity contribution in [1.82, 2.24) is 0 Å². The highest BCUT2D eigenvalue weighted by Gasteiger charge is 2.27. The summed E-state index contributed by atoms with van der Waals surface area (Å²) in [5.41, 5.74) is 0. The molecule has 0 aliphatic heterocycles. The summed E-state index contributed by atoms with van der Waals surface area (Å²) < 4.78 is 19.5. The molecule has 0 bridgehead atoms. The number of rotatable bonds is 3. The second kappa shape index (κ2) is 7.96. The highest BCUT2D eigenvalue weighted by molar-refractivity contribution is 7.98. The highest BCUT2D eigenvalue weighted by Crippen LogP contribution is 2.42. The summed E-state index contributed by atoms with van der Waals surface area (Å²) in [7, 11) is -6.96. The van der Waals surface area contributed by atoms with Gasteiger partial charge in [0.15, 0.2) is 0 Å². The second-order valence-corrected chi connectivity index (χ2v) is 6.72. The van der Waals surface area contributed by atoms with Gasteiger partial charge in [0.2, 0.25) is 0 Å². The molecule has 0 saturated heterocycles. The first kappa shape index (κ1) is 15.8. The lowest BCUT2D eigenvalue weighted by Crippen LogP contribution is -1.78. The topological polar surface area (TPSA) is 94.8 Å². The molecule has 1 aromatic rings. The van der Waals surface area contributed by atoms with Gasteiger partial charge >= 0.3 is 15.6 Å². The quantitative estimate of drug-likeness (QED) is 0.582. The summed E-state index contributed by atoms with van der Waals surface area (Å²) in [6.45, 7) is 0. The number of hydrogen-bond donors (Lipinski definition) is 3. The van der Waals surface area contributed by atoms with E-state index in [0.29, 0.717) is 0 Å². The summed E-state index contributed by atoms with van der Waals surface area (Å²) in [6, 6.07) is 10.3. The fourth-order valence-electron chi connectivity index (χ4n) is 0.714. The molecule has 3 N–H and O–H groups in total. The lowest BCUT2D eigenvalue weighted by atomic mass is 10.4. The minimum atomic E-state index is -4.26. The molecule has 0 saturated carbocycles. The summed E-state index contributed by atoms with van der Waals surface area (Å²) in [4.78, 5) is 25.1. The molecule has 5 nitrogen and oxygen atoms in total. The Balaban J connectivity index is 0.000000281. The smallest absolute Gasteiger partial charge is 0.321 e. The molecule has 16 heavy (non-hydrogen) atoms. The van der Waals surface area contributed by atoms with Crippen LogP contribution in [-0.4, -0.2) is 26.8 Å². The van der Waals surface area contributed by atoms with Crippen LogP contribution in [0.1, 0.15) is 0 Å². The maximum atomic E-state index is 9.79. The van der Waals surface area contributed by atoms with E-state index >= 15 is 0 Å². The van der Waals surface area contributed by atoms with Crippen molar-refractivity contribution in [1.29, 1.82) is 0 Å². The van der Waals surface area contributed by atoms with E-state index in [4.69, 9.17) is 14.7 Å². The Bertz CT molecular complexity index is 364. The molecule has 0 spiro atoms. The van der Waals surface area contributed by atoms with Crippen molar-refractivity contribution in [2.75, 3.05) is 12.2 Å². The molecule has 0 aromatic heterocycles. The number of benzene rings is 1. The maximum Gasteiger partial charge on any atom is 0.518 e. The standard InChI is InChI=1S/C7H8S.CH4O5P2/c1-8-7-5-3-2-4-6-7;2-7(3)1-8(4,5)6/h2-6H,1H3;1H2,(H2-,2,3,4,5,6)/p+1. The van der Waals surface area contributed by atoms with E-state index in [1.807, 2.05) is 18.2 Å². The molecule has 0 radical (unpaired) electrons. The molecule has 0 amide bonds. The van der Waals surface area contributed by atoms with Gasteiger partial charge in [0.05, 0.1) is 0 Å². The summed E-state index contributed by atoms with van der Waals surface area (Å²) in [6.07, 6.45) is 2.08. The van der Waals surface area contributed by atoms with E-state index in [1.165, 1.54) is 4.90 Å². The van der Waals surface area contributed by atoms with Gasteiger partial charge < -0.3 is 9.79 Å². The van der Waals surface area contributed by atoms with Crippen LogP contribution in [0.3, 0.4) is 0 Å². The minimum Gasteiger partial charge on any atom is -0.321 e. The van der Waals surface area contributed by atoms with Crippen molar-refractivity contribution in [3.63, 3.8) is 0 Å². The van der Waals surface area contributed by atoms with E-state index < -0.39 is 21.5 Å². The van der Waals surface area contributed by atoms with Gasteiger partial charge in [-0.1, -0.05) is 18.2 Å². The van der Waals surface area contributed by atoms with E-state index in [9.17, 15) is 9.13 Å². The summed E-state index contributed by atoms with van der Waals surface area (Å²) in [5.74, 6) is -0.942. The van der Waals surface area contributed by atoms with E-state index in [1.54, 1.807) is 11.8 Å². The minimum absolute atomic E-state index is 0.942. The first-order valence-electron chi connectivity index (χ1n) is 4.12. The average molecular weight is 283 g/mol. The van der Waals surface area contributed by atoms with Gasteiger partial charge in [-0.3, -0.25) is 4.57 Å². The monoisotopic (exact) mass is 283 g/mol. The largest absolute Gasteiger partial charge is 0.518 e. The Kier molecular flexibility index (Phi) is 7.85. The van der Waals surface area contributed by atoms with Crippen LogP contribution in [0, 0.1) is 0 Å². The lowest BCUT2D eigenvalue weighted by Gasteiger charge is -1.89. The van der Waals surface area contributed by atoms with Crippen LogP contribution in [0.4, 0.5) is 0 Å². The molecule has 0 aliphatic carbocycles. The van der Waals surface area contributed by atoms with Gasteiger partial charge in [-0.2, -0.15) is 4.89 Å². The average Bonchev–Trinajstić information content (AvgIpc) is 2.16. The van der Waals surface area contributed by atoms with Crippen LogP contribution >= 0.6 is 27.4 Å². The Morgan fingerprint density at radius 2 is 1.81 bits per heavy atom. The van der Waals surface area contributed by atoms with Crippen molar-refractivity contribution >= 4 is 27.4 Å².